The summed E-state index contributed by atoms with van der Waals surface area (Å²) in [5.74, 6) is 0. The van der Waals surface area contributed by atoms with Crippen molar-refractivity contribution in [2.24, 2.45) is 0 Å². The van der Waals surface area contributed by atoms with Crippen LogP contribution in [0.4, 0.5) is 0 Å². The molecule has 0 atom stereocenters. The molecule has 0 saturated heterocycles. The maximum absolute atomic E-state index is 3.66. The molecule has 80 valence electrons. The fourth-order valence-corrected chi connectivity index (χ4v) is 6.75. The van der Waals surface area contributed by atoms with E-state index < -0.39 is 17.4 Å². The van der Waals surface area contributed by atoms with Gasteiger partial charge in [0.05, 0.1) is 0 Å². The van der Waals surface area contributed by atoms with Crippen LogP contribution < -0.4 is 11.4 Å². The molecule has 0 aromatic heterocycles. The predicted octanol–water partition coefficient (Wildman–Crippen LogP) is 1.54. The van der Waals surface area contributed by atoms with Crippen molar-refractivity contribution in [3.05, 3.63) is 0 Å². The van der Waals surface area contributed by atoms with E-state index >= 15 is 0 Å². The van der Waals surface area contributed by atoms with Crippen LogP contribution in [0.3, 0.4) is 0 Å². The monoisotopic (exact) mass is 223 g/mol. The van der Waals surface area contributed by atoms with Crippen molar-refractivity contribution in [3.8, 4) is 0 Å². The molecule has 0 aliphatic rings. The zero-order chi connectivity index (χ0) is 10.3. The van der Waals surface area contributed by atoms with Gasteiger partial charge in [0.2, 0.25) is 0 Å². The van der Waals surface area contributed by atoms with Crippen LogP contribution in [0.1, 0.15) is 34.6 Å². The average Bonchev–Trinajstić information content (AvgIpc) is 2.05. The first-order valence-electron chi connectivity index (χ1n) is 5.38. The van der Waals surface area contributed by atoms with Crippen molar-refractivity contribution in [2.75, 3.05) is 19.6 Å². The molecule has 0 saturated carbocycles. The van der Waals surface area contributed by atoms with Gasteiger partial charge in [-0.05, 0) is 0 Å². The molecular weight excluding hydrogens is 198 g/mol. The van der Waals surface area contributed by atoms with Gasteiger partial charge in [0.25, 0.3) is 0 Å². The van der Waals surface area contributed by atoms with Crippen LogP contribution >= 0.6 is 0 Å². The van der Waals surface area contributed by atoms with Gasteiger partial charge in [-0.15, -0.1) is 0 Å². The van der Waals surface area contributed by atoms with Crippen molar-refractivity contribution in [1.29, 1.82) is 0 Å². The second kappa shape index (κ2) is 6.96. The third-order valence-corrected chi connectivity index (χ3v) is 9.21. The summed E-state index contributed by atoms with van der Waals surface area (Å²) in [7, 11) is 0. The fourth-order valence-electron chi connectivity index (χ4n) is 1.64. The van der Waals surface area contributed by atoms with E-state index in [1.165, 1.54) is 0 Å². The molecule has 0 radical (unpaired) electrons. The summed E-state index contributed by atoms with van der Waals surface area (Å²) in [6.07, 6.45) is 0. The van der Waals surface area contributed by atoms with E-state index in [4.69, 9.17) is 0 Å². The van der Waals surface area contributed by atoms with Gasteiger partial charge in [-0.25, -0.2) is 0 Å². The van der Waals surface area contributed by atoms with E-state index in [0.29, 0.717) is 4.22 Å². The van der Waals surface area contributed by atoms with Crippen LogP contribution in [-0.2, 0) is 17.4 Å². The molecule has 0 fully saturated rings. The Bertz CT molecular complexity index is 111. The Morgan fingerprint density at radius 1 is 0.846 bits per heavy atom. The SMILES string of the molecule is CC[NH][Ti]([NH]CC)([NH]CC)[CH](C)C. The molecule has 0 rings (SSSR count). The molecule has 0 bridgehead atoms. The quantitative estimate of drug-likeness (QED) is 0.573. The van der Waals surface area contributed by atoms with Crippen LogP contribution in [-0.4, -0.2) is 19.6 Å². The van der Waals surface area contributed by atoms with Crippen molar-refractivity contribution in [3.63, 3.8) is 0 Å². The van der Waals surface area contributed by atoms with Gasteiger partial charge in [-0.2, -0.15) is 0 Å². The molecule has 0 aromatic rings. The van der Waals surface area contributed by atoms with Gasteiger partial charge >= 0.3 is 87.2 Å². The topological polar surface area (TPSA) is 36.1 Å². The van der Waals surface area contributed by atoms with Gasteiger partial charge in [-0.1, -0.05) is 0 Å². The second-order valence-electron chi connectivity index (χ2n) is 3.55. The van der Waals surface area contributed by atoms with Gasteiger partial charge in [0.1, 0.15) is 0 Å². The molecule has 0 heterocycles. The summed E-state index contributed by atoms with van der Waals surface area (Å²) in [5, 5.41) is 0. The van der Waals surface area contributed by atoms with Gasteiger partial charge in [0, 0.05) is 0 Å². The maximum atomic E-state index is 3.66. The summed E-state index contributed by atoms with van der Waals surface area (Å²) in [4.78, 5) is 0. The Morgan fingerprint density at radius 3 is 1.31 bits per heavy atom. The van der Waals surface area contributed by atoms with Crippen molar-refractivity contribution in [2.45, 2.75) is 38.8 Å². The van der Waals surface area contributed by atoms with E-state index in [1.54, 1.807) is 0 Å². The van der Waals surface area contributed by atoms with Crippen LogP contribution in [0, 0.1) is 0 Å². The first kappa shape index (κ1) is 13.6. The van der Waals surface area contributed by atoms with E-state index in [1.807, 2.05) is 0 Å². The Kier molecular flexibility index (Phi) is 7.28. The minimum absolute atomic E-state index is 0.708. The Morgan fingerprint density at radius 2 is 1.15 bits per heavy atom. The molecule has 0 spiro atoms. The number of nitrogens with one attached hydrogen (secondary N) is 3. The van der Waals surface area contributed by atoms with E-state index in [2.05, 4.69) is 46.0 Å². The molecule has 3 N–H and O–H groups in total. The van der Waals surface area contributed by atoms with Crippen molar-refractivity contribution < 1.29 is 17.4 Å². The average molecular weight is 223 g/mol. The molecule has 0 aliphatic heterocycles. The molecule has 13 heavy (non-hydrogen) atoms. The van der Waals surface area contributed by atoms with Crippen molar-refractivity contribution >= 4 is 0 Å². The van der Waals surface area contributed by atoms with Crippen LogP contribution in [0.25, 0.3) is 0 Å². The molecular formula is C9H25N3Ti. The van der Waals surface area contributed by atoms with E-state index in [-0.39, 0.29) is 0 Å². The Labute approximate surface area is 87.3 Å². The standard InChI is InChI=1S/C3H7.3C2H6N.Ti/c1-3-2;3*1-2-3;/h3H,1-2H3;3*3H,2H2,1H3;/q;3*-1;+3. The number of rotatable bonds is 7. The second-order valence-corrected chi connectivity index (χ2v) is 9.54. The predicted molar refractivity (Wildman–Crippen MR) is 56.1 cm³/mol. The van der Waals surface area contributed by atoms with Gasteiger partial charge in [-0.3, -0.25) is 0 Å². The third kappa shape index (κ3) is 4.09. The fraction of sp³-hybridized carbons (Fsp3) is 1.00. The third-order valence-electron chi connectivity index (χ3n) is 2.23. The summed E-state index contributed by atoms with van der Waals surface area (Å²) >= 11 is -2.16. The summed E-state index contributed by atoms with van der Waals surface area (Å²) in [6, 6.07) is 0. The number of hydrogen-bond acceptors (Lipinski definition) is 3. The van der Waals surface area contributed by atoms with Crippen LogP contribution in [0.15, 0.2) is 0 Å². The first-order chi connectivity index (χ1) is 6.13. The van der Waals surface area contributed by atoms with Crippen LogP contribution in [0.5, 0.6) is 0 Å². The minimum atomic E-state index is -2.16. The molecule has 4 heteroatoms. The summed E-state index contributed by atoms with van der Waals surface area (Å²) in [6.45, 7) is 14.3. The van der Waals surface area contributed by atoms with E-state index in [0.717, 1.165) is 19.6 Å². The Hall–Kier alpha value is 0.594. The summed E-state index contributed by atoms with van der Waals surface area (Å²) < 4.78 is 11.7. The summed E-state index contributed by atoms with van der Waals surface area (Å²) in [5.41, 5.74) is 0. The van der Waals surface area contributed by atoms with Crippen molar-refractivity contribution in [1.82, 2.24) is 11.4 Å². The zero-order valence-corrected chi connectivity index (χ0v) is 11.3. The number of hydrogen-bond donors (Lipinski definition) is 3. The normalized spacial score (nSPS) is 12.5. The van der Waals surface area contributed by atoms with Gasteiger partial charge in [0.15, 0.2) is 0 Å². The zero-order valence-electron chi connectivity index (χ0n) is 9.70. The molecule has 0 aromatic carbocycles. The van der Waals surface area contributed by atoms with E-state index in [9.17, 15) is 0 Å². The van der Waals surface area contributed by atoms with Crippen LogP contribution in [0.2, 0.25) is 4.22 Å². The Balaban J connectivity index is 4.38. The molecule has 0 unspecified atom stereocenters. The van der Waals surface area contributed by atoms with Gasteiger partial charge < -0.3 is 0 Å². The first-order valence-corrected chi connectivity index (χ1v) is 8.62. The molecule has 0 aliphatic carbocycles. The molecule has 3 nitrogen and oxygen atoms in total. The molecule has 0 amide bonds.